The van der Waals surface area contributed by atoms with E-state index < -0.39 is 0 Å². The Balaban J connectivity index is 2.37. The van der Waals surface area contributed by atoms with Crippen molar-refractivity contribution < 1.29 is 4.79 Å². The second kappa shape index (κ2) is 9.23. The zero-order valence-corrected chi connectivity index (χ0v) is 10.8. The molecule has 1 aliphatic heterocycles. The van der Waals surface area contributed by atoms with Crippen LogP contribution in [-0.4, -0.2) is 19.0 Å². The zero-order valence-electron chi connectivity index (χ0n) is 10.8. The van der Waals surface area contributed by atoms with Crippen molar-refractivity contribution in [3.05, 3.63) is 12.2 Å². The minimum absolute atomic E-state index is 0.0697. The molecule has 0 saturated carbocycles. The summed E-state index contributed by atoms with van der Waals surface area (Å²) in [5.74, 6) is -0.256. The molecule has 1 rings (SSSR count). The van der Waals surface area contributed by atoms with Crippen molar-refractivity contribution in [2.45, 2.75) is 51.4 Å². The van der Waals surface area contributed by atoms with Gasteiger partial charge in [0, 0.05) is 6.54 Å². The lowest BCUT2D eigenvalue weighted by atomic mass is 9.98. The quantitative estimate of drug-likeness (QED) is 0.689. The van der Waals surface area contributed by atoms with Gasteiger partial charge in [-0.05, 0) is 19.4 Å². The number of nitrogens with one attached hydrogen (secondary N) is 1. The van der Waals surface area contributed by atoms with Crippen LogP contribution in [-0.2, 0) is 4.79 Å². The molecular formula is C14H26N2O. The monoisotopic (exact) mass is 238 g/mol. The second-order valence-corrected chi connectivity index (χ2v) is 4.90. The number of hydrogen-bond acceptors (Lipinski definition) is 2. The average Bonchev–Trinajstić information content (AvgIpc) is 2.31. The summed E-state index contributed by atoms with van der Waals surface area (Å²) in [7, 11) is 0. The number of nitrogens with two attached hydrogens (primary N) is 1. The third-order valence-electron chi connectivity index (χ3n) is 3.36. The van der Waals surface area contributed by atoms with Crippen LogP contribution in [0.2, 0.25) is 0 Å². The first-order valence-corrected chi connectivity index (χ1v) is 6.97. The van der Waals surface area contributed by atoms with Crippen LogP contribution in [0, 0.1) is 5.92 Å². The van der Waals surface area contributed by atoms with Crippen LogP contribution in [0.25, 0.3) is 0 Å². The van der Waals surface area contributed by atoms with Gasteiger partial charge in [0.1, 0.15) is 0 Å². The Hall–Kier alpha value is -0.830. The highest BCUT2D eigenvalue weighted by Gasteiger charge is 2.10. The first kappa shape index (κ1) is 14.2. The third-order valence-corrected chi connectivity index (χ3v) is 3.36. The van der Waals surface area contributed by atoms with Crippen molar-refractivity contribution in [3.8, 4) is 0 Å². The first-order chi connectivity index (χ1) is 8.30. The molecule has 1 aliphatic rings. The molecule has 1 heterocycles. The van der Waals surface area contributed by atoms with E-state index in [-0.39, 0.29) is 11.8 Å². The van der Waals surface area contributed by atoms with Gasteiger partial charge in [0.25, 0.3) is 0 Å². The molecule has 17 heavy (non-hydrogen) atoms. The normalized spacial score (nSPS) is 25.1. The molecule has 0 aromatic heterocycles. The van der Waals surface area contributed by atoms with E-state index in [0.717, 1.165) is 25.9 Å². The molecule has 3 heteroatoms. The number of primary amides is 1. The van der Waals surface area contributed by atoms with Crippen LogP contribution in [0.5, 0.6) is 0 Å². The smallest absolute Gasteiger partial charge is 0.224 e. The summed E-state index contributed by atoms with van der Waals surface area (Å²) < 4.78 is 0. The molecule has 1 unspecified atom stereocenters. The van der Waals surface area contributed by atoms with Crippen LogP contribution in [0.1, 0.15) is 51.4 Å². The van der Waals surface area contributed by atoms with Gasteiger partial charge >= 0.3 is 0 Å². The van der Waals surface area contributed by atoms with Crippen molar-refractivity contribution >= 4 is 5.91 Å². The Labute approximate surface area is 105 Å². The molecule has 3 N–H and O–H groups in total. The fourth-order valence-corrected chi connectivity index (χ4v) is 2.25. The van der Waals surface area contributed by atoms with E-state index in [9.17, 15) is 4.79 Å². The van der Waals surface area contributed by atoms with Gasteiger partial charge < -0.3 is 11.1 Å². The molecule has 0 bridgehead atoms. The minimum Gasteiger partial charge on any atom is -0.369 e. The Morgan fingerprint density at radius 2 is 1.71 bits per heavy atom. The summed E-state index contributed by atoms with van der Waals surface area (Å²) in [5, 5.41) is 3.36. The number of amides is 1. The highest BCUT2D eigenvalue weighted by atomic mass is 16.1. The van der Waals surface area contributed by atoms with Gasteiger partial charge in [-0.2, -0.15) is 0 Å². The molecule has 0 fully saturated rings. The summed E-state index contributed by atoms with van der Waals surface area (Å²) >= 11 is 0. The lowest BCUT2D eigenvalue weighted by molar-refractivity contribution is -0.120. The molecule has 1 amide bonds. The lowest BCUT2D eigenvalue weighted by Gasteiger charge is -2.10. The molecule has 0 aromatic rings. The fraction of sp³-hybridized carbons (Fsp3) is 0.786. The van der Waals surface area contributed by atoms with E-state index in [1.807, 2.05) is 12.2 Å². The van der Waals surface area contributed by atoms with E-state index in [0.29, 0.717) is 0 Å². The largest absolute Gasteiger partial charge is 0.369 e. The van der Waals surface area contributed by atoms with Crippen LogP contribution >= 0.6 is 0 Å². The number of carbonyl (C=O) groups excluding carboxylic acids is 1. The SMILES string of the molecule is NC(=O)C1C=CCNCCCCCCCCC1. The summed E-state index contributed by atoms with van der Waals surface area (Å²) in [6.07, 6.45) is 13.8. The van der Waals surface area contributed by atoms with Gasteiger partial charge in [0.05, 0.1) is 5.92 Å². The van der Waals surface area contributed by atoms with Crippen molar-refractivity contribution in [2.24, 2.45) is 11.7 Å². The van der Waals surface area contributed by atoms with Crippen molar-refractivity contribution in [2.75, 3.05) is 13.1 Å². The van der Waals surface area contributed by atoms with Crippen LogP contribution < -0.4 is 11.1 Å². The fourth-order valence-electron chi connectivity index (χ4n) is 2.25. The molecule has 3 nitrogen and oxygen atoms in total. The van der Waals surface area contributed by atoms with Crippen LogP contribution in [0.3, 0.4) is 0 Å². The summed E-state index contributed by atoms with van der Waals surface area (Å²) in [5.41, 5.74) is 5.39. The molecule has 0 aliphatic carbocycles. The summed E-state index contributed by atoms with van der Waals surface area (Å²) in [4.78, 5) is 11.2. The Kier molecular flexibility index (Phi) is 7.72. The third kappa shape index (κ3) is 7.16. The zero-order chi connectivity index (χ0) is 12.3. The molecule has 0 radical (unpaired) electrons. The number of rotatable bonds is 1. The van der Waals surface area contributed by atoms with E-state index in [1.165, 1.54) is 38.5 Å². The van der Waals surface area contributed by atoms with Gasteiger partial charge in [-0.1, -0.05) is 50.7 Å². The van der Waals surface area contributed by atoms with Gasteiger partial charge in [0.2, 0.25) is 5.91 Å². The van der Waals surface area contributed by atoms with E-state index in [1.54, 1.807) is 0 Å². The van der Waals surface area contributed by atoms with E-state index in [4.69, 9.17) is 5.73 Å². The molecule has 0 saturated heterocycles. The van der Waals surface area contributed by atoms with Gasteiger partial charge in [-0.25, -0.2) is 0 Å². The molecule has 1 atom stereocenters. The average molecular weight is 238 g/mol. The Bertz CT molecular complexity index is 238. The maximum atomic E-state index is 11.2. The molecular weight excluding hydrogens is 212 g/mol. The molecule has 98 valence electrons. The van der Waals surface area contributed by atoms with E-state index in [2.05, 4.69) is 5.32 Å². The second-order valence-electron chi connectivity index (χ2n) is 4.90. The predicted octanol–water partition coefficient (Wildman–Crippen LogP) is 2.37. The topological polar surface area (TPSA) is 55.1 Å². The standard InChI is InChI=1S/C14H26N2O/c15-14(17)13-9-6-4-2-1-3-5-7-11-16-12-8-10-13/h8,10,13,16H,1-7,9,11-12H2,(H2,15,17). The number of hydrogen-bond donors (Lipinski definition) is 2. The lowest BCUT2D eigenvalue weighted by Crippen LogP contribution is -2.22. The van der Waals surface area contributed by atoms with Crippen molar-refractivity contribution in [1.82, 2.24) is 5.32 Å². The Morgan fingerprint density at radius 1 is 1.06 bits per heavy atom. The maximum Gasteiger partial charge on any atom is 0.224 e. The first-order valence-electron chi connectivity index (χ1n) is 6.97. The molecule has 0 aromatic carbocycles. The van der Waals surface area contributed by atoms with Gasteiger partial charge in [-0.15, -0.1) is 0 Å². The predicted molar refractivity (Wildman–Crippen MR) is 71.6 cm³/mol. The Morgan fingerprint density at radius 3 is 2.41 bits per heavy atom. The number of carbonyl (C=O) groups is 1. The van der Waals surface area contributed by atoms with Crippen molar-refractivity contribution in [3.63, 3.8) is 0 Å². The molecule has 0 spiro atoms. The summed E-state index contributed by atoms with van der Waals surface area (Å²) in [6.45, 7) is 1.93. The summed E-state index contributed by atoms with van der Waals surface area (Å²) in [6, 6.07) is 0. The van der Waals surface area contributed by atoms with Crippen LogP contribution in [0.4, 0.5) is 0 Å². The van der Waals surface area contributed by atoms with Gasteiger partial charge in [0.15, 0.2) is 0 Å². The highest BCUT2D eigenvalue weighted by Crippen LogP contribution is 2.14. The highest BCUT2D eigenvalue weighted by molar-refractivity contribution is 5.78. The van der Waals surface area contributed by atoms with Gasteiger partial charge in [-0.3, -0.25) is 4.79 Å². The minimum atomic E-state index is -0.187. The van der Waals surface area contributed by atoms with E-state index >= 15 is 0 Å². The van der Waals surface area contributed by atoms with Crippen molar-refractivity contribution in [1.29, 1.82) is 0 Å². The van der Waals surface area contributed by atoms with Crippen LogP contribution in [0.15, 0.2) is 12.2 Å². The maximum absolute atomic E-state index is 11.2.